The van der Waals surface area contributed by atoms with E-state index in [1.807, 2.05) is 11.0 Å². The lowest BCUT2D eigenvalue weighted by molar-refractivity contribution is 0.0598. The van der Waals surface area contributed by atoms with Gasteiger partial charge in [0.05, 0.1) is 25.6 Å². The lowest BCUT2D eigenvalue weighted by atomic mass is 10.0. The summed E-state index contributed by atoms with van der Waals surface area (Å²) >= 11 is 0. The van der Waals surface area contributed by atoms with Gasteiger partial charge in [-0.2, -0.15) is 0 Å². The fourth-order valence-corrected chi connectivity index (χ4v) is 2.77. The first-order valence-corrected chi connectivity index (χ1v) is 6.87. The van der Waals surface area contributed by atoms with Gasteiger partial charge in [0, 0.05) is 6.54 Å². The molecule has 110 valence electrons. The Kier molecular flexibility index (Phi) is 3.64. The Hall–Kier alpha value is -2.30. The van der Waals surface area contributed by atoms with Gasteiger partial charge in [0.2, 0.25) is 0 Å². The lowest BCUT2D eigenvalue weighted by Crippen LogP contribution is -2.30. The molecule has 2 aromatic rings. The summed E-state index contributed by atoms with van der Waals surface area (Å²) in [6, 6.07) is 6.70. The van der Waals surface area contributed by atoms with Gasteiger partial charge < -0.3 is 14.1 Å². The van der Waals surface area contributed by atoms with Crippen LogP contribution in [0.25, 0.3) is 0 Å². The smallest absolute Gasteiger partial charge is 0.341 e. The fourth-order valence-electron chi connectivity index (χ4n) is 2.77. The summed E-state index contributed by atoms with van der Waals surface area (Å²) in [4.78, 5) is 13.6. The maximum Gasteiger partial charge on any atom is 0.341 e. The zero-order valence-electron chi connectivity index (χ0n) is 11.8. The van der Waals surface area contributed by atoms with Crippen LogP contribution in [-0.4, -0.2) is 19.6 Å². The first kappa shape index (κ1) is 13.7. The second-order valence-corrected chi connectivity index (χ2v) is 5.02. The number of halogens is 1. The number of hydrogen-bond donors (Lipinski definition) is 0. The zero-order chi connectivity index (χ0) is 14.8. The average Bonchev–Trinajstić information content (AvgIpc) is 2.95. The summed E-state index contributed by atoms with van der Waals surface area (Å²) in [5.74, 6) is -0.180. The Balaban J connectivity index is 1.91. The van der Waals surface area contributed by atoms with Crippen LogP contribution in [0.15, 0.2) is 34.9 Å². The molecule has 0 saturated carbocycles. The van der Waals surface area contributed by atoms with E-state index in [0.29, 0.717) is 23.6 Å². The molecule has 0 radical (unpaired) electrons. The summed E-state index contributed by atoms with van der Waals surface area (Å²) in [7, 11) is 1.33. The standard InChI is InChI=1S/C16H16FNO3/c1-20-16(19)12-7-9-21-14(12)10-18-8-3-5-11-4-2-6-13(17)15(11)18/h2,4,6-7,9H,3,5,8,10H2,1H3. The number of para-hydroxylation sites is 1. The summed E-state index contributed by atoms with van der Waals surface area (Å²) in [5.41, 5.74) is 1.99. The van der Waals surface area contributed by atoms with Gasteiger partial charge in [-0.15, -0.1) is 0 Å². The Morgan fingerprint density at radius 1 is 1.43 bits per heavy atom. The van der Waals surface area contributed by atoms with E-state index in [0.717, 1.165) is 24.9 Å². The van der Waals surface area contributed by atoms with E-state index >= 15 is 0 Å². The van der Waals surface area contributed by atoms with Crippen molar-refractivity contribution in [1.29, 1.82) is 0 Å². The number of rotatable bonds is 3. The van der Waals surface area contributed by atoms with Gasteiger partial charge in [0.15, 0.2) is 0 Å². The van der Waals surface area contributed by atoms with Crippen molar-refractivity contribution in [3.63, 3.8) is 0 Å². The van der Waals surface area contributed by atoms with Crippen molar-refractivity contribution in [2.45, 2.75) is 19.4 Å². The van der Waals surface area contributed by atoms with Crippen LogP contribution in [0.2, 0.25) is 0 Å². The molecular formula is C16H16FNO3. The van der Waals surface area contributed by atoms with Crippen LogP contribution >= 0.6 is 0 Å². The predicted octanol–water partition coefficient (Wildman–Crippen LogP) is 3.16. The molecule has 0 aliphatic carbocycles. The number of furan rings is 1. The van der Waals surface area contributed by atoms with E-state index in [-0.39, 0.29) is 5.82 Å². The number of aryl methyl sites for hydroxylation is 1. The Labute approximate surface area is 122 Å². The van der Waals surface area contributed by atoms with Gasteiger partial charge >= 0.3 is 5.97 Å². The minimum Gasteiger partial charge on any atom is -0.467 e. The van der Waals surface area contributed by atoms with Gasteiger partial charge in [0.25, 0.3) is 0 Å². The molecule has 0 fully saturated rings. The number of ether oxygens (including phenoxy) is 1. The highest BCUT2D eigenvalue weighted by Gasteiger charge is 2.24. The predicted molar refractivity (Wildman–Crippen MR) is 75.8 cm³/mol. The molecule has 0 bridgehead atoms. The van der Waals surface area contributed by atoms with Crippen molar-refractivity contribution in [2.24, 2.45) is 0 Å². The number of nitrogens with zero attached hydrogens (tertiary/aromatic N) is 1. The molecule has 1 aliphatic heterocycles. The molecule has 0 atom stereocenters. The topological polar surface area (TPSA) is 42.7 Å². The first-order valence-electron chi connectivity index (χ1n) is 6.87. The van der Waals surface area contributed by atoms with Crippen molar-refractivity contribution < 1.29 is 18.3 Å². The van der Waals surface area contributed by atoms with Crippen molar-refractivity contribution in [3.8, 4) is 0 Å². The number of benzene rings is 1. The van der Waals surface area contributed by atoms with Crippen LogP contribution in [0.4, 0.5) is 10.1 Å². The van der Waals surface area contributed by atoms with E-state index in [1.165, 1.54) is 19.4 Å². The minimum atomic E-state index is -0.440. The van der Waals surface area contributed by atoms with Crippen LogP contribution in [0, 0.1) is 5.82 Å². The highest BCUT2D eigenvalue weighted by molar-refractivity contribution is 5.90. The Morgan fingerprint density at radius 2 is 2.29 bits per heavy atom. The molecule has 1 aromatic carbocycles. The molecule has 0 N–H and O–H groups in total. The zero-order valence-corrected chi connectivity index (χ0v) is 11.8. The summed E-state index contributed by atoms with van der Waals surface area (Å²) in [6.45, 7) is 1.08. The van der Waals surface area contributed by atoms with Gasteiger partial charge in [-0.05, 0) is 30.5 Å². The fraction of sp³-hybridized carbons (Fsp3) is 0.312. The maximum atomic E-state index is 14.1. The summed E-state index contributed by atoms with van der Waals surface area (Å²) in [6.07, 6.45) is 3.27. The summed E-state index contributed by atoms with van der Waals surface area (Å²) < 4.78 is 24.2. The highest BCUT2D eigenvalue weighted by atomic mass is 19.1. The molecule has 0 spiro atoms. The van der Waals surface area contributed by atoms with Gasteiger partial charge in [-0.3, -0.25) is 0 Å². The molecule has 1 aliphatic rings. The molecule has 2 heterocycles. The van der Waals surface area contributed by atoms with Gasteiger partial charge in [0.1, 0.15) is 17.1 Å². The molecule has 0 amide bonds. The molecule has 5 heteroatoms. The molecule has 1 aromatic heterocycles. The summed E-state index contributed by atoms with van der Waals surface area (Å²) in [5, 5.41) is 0. The largest absolute Gasteiger partial charge is 0.467 e. The van der Waals surface area contributed by atoms with Crippen molar-refractivity contribution in [1.82, 2.24) is 0 Å². The van der Waals surface area contributed by atoms with E-state index < -0.39 is 5.97 Å². The van der Waals surface area contributed by atoms with Crippen molar-refractivity contribution >= 4 is 11.7 Å². The molecular weight excluding hydrogens is 273 g/mol. The monoisotopic (exact) mass is 289 g/mol. The van der Waals surface area contributed by atoms with Crippen LogP contribution in [0.1, 0.15) is 28.1 Å². The number of fused-ring (bicyclic) bond motifs is 1. The number of esters is 1. The third-order valence-electron chi connectivity index (χ3n) is 3.75. The number of methoxy groups -OCH3 is 1. The van der Waals surface area contributed by atoms with Crippen LogP contribution < -0.4 is 4.90 Å². The SMILES string of the molecule is COC(=O)c1ccoc1CN1CCCc2cccc(F)c21. The molecule has 0 saturated heterocycles. The molecule has 21 heavy (non-hydrogen) atoms. The third-order valence-corrected chi connectivity index (χ3v) is 3.75. The van der Waals surface area contributed by atoms with E-state index in [2.05, 4.69) is 0 Å². The highest BCUT2D eigenvalue weighted by Crippen LogP contribution is 2.31. The minimum absolute atomic E-state index is 0.238. The molecule has 0 unspecified atom stereocenters. The van der Waals surface area contributed by atoms with Gasteiger partial charge in [-0.25, -0.2) is 9.18 Å². The van der Waals surface area contributed by atoms with Crippen LogP contribution in [0.3, 0.4) is 0 Å². The van der Waals surface area contributed by atoms with Crippen LogP contribution in [-0.2, 0) is 17.7 Å². The van der Waals surface area contributed by atoms with Gasteiger partial charge in [-0.1, -0.05) is 12.1 Å². The van der Waals surface area contributed by atoms with E-state index in [9.17, 15) is 9.18 Å². The maximum absolute atomic E-state index is 14.1. The lowest BCUT2D eigenvalue weighted by Gasteiger charge is -2.31. The second-order valence-electron chi connectivity index (χ2n) is 5.02. The molecule has 4 nitrogen and oxygen atoms in total. The normalized spacial score (nSPS) is 13.9. The molecule has 3 rings (SSSR count). The number of carbonyl (C=O) groups is 1. The number of hydrogen-bond acceptors (Lipinski definition) is 4. The number of anilines is 1. The third kappa shape index (κ3) is 2.51. The van der Waals surface area contributed by atoms with Crippen molar-refractivity contribution in [2.75, 3.05) is 18.6 Å². The van der Waals surface area contributed by atoms with E-state index in [4.69, 9.17) is 9.15 Å². The quantitative estimate of drug-likeness (QED) is 0.814. The first-order chi connectivity index (χ1) is 10.2. The van der Waals surface area contributed by atoms with Crippen molar-refractivity contribution in [3.05, 3.63) is 53.2 Å². The van der Waals surface area contributed by atoms with Crippen LogP contribution in [0.5, 0.6) is 0 Å². The van der Waals surface area contributed by atoms with E-state index in [1.54, 1.807) is 12.1 Å². The Morgan fingerprint density at radius 3 is 3.10 bits per heavy atom. The Bertz CT molecular complexity index is 665. The second kappa shape index (κ2) is 5.60. The number of carbonyl (C=O) groups excluding carboxylic acids is 1. The average molecular weight is 289 g/mol.